The predicted octanol–water partition coefficient (Wildman–Crippen LogP) is 4.31. The lowest BCUT2D eigenvalue weighted by Crippen LogP contribution is -2.13. The fourth-order valence-electron chi connectivity index (χ4n) is 1.72. The molecule has 1 nitrogen and oxygen atoms in total. The SMILES string of the molecule is OC(CSc1ccc(F)cc1)Cc1ccc(Cl)c(F)c1. The number of thioether (sulfide) groups is 1. The molecule has 0 radical (unpaired) electrons. The van der Waals surface area contributed by atoms with E-state index in [9.17, 15) is 13.9 Å². The van der Waals surface area contributed by atoms with E-state index in [4.69, 9.17) is 11.6 Å². The quantitative estimate of drug-likeness (QED) is 0.830. The van der Waals surface area contributed by atoms with E-state index in [-0.39, 0.29) is 10.8 Å². The van der Waals surface area contributed by atoms with Crippen LogP contribution in [0.3, 0.4) is 0 Å². The van der Waals surface area contributed by atoms with Gasteiger partial charge in [0.2, 0.25) is 0 Å². The number of hydrogen-bond acceptors (Lipinski definition) is 2. The van der Waals surface area contributed by atoms with E-state index in [0.29, 0.717) is 17.7 Å². The van der Waals surface area contributed by atoms with Crippen molar-refractivity contribution in [2.24, 2.45) is 0 Å². The second-order valence-electron chi connectivity index (χ2n) is 4.37. The third kappa shape index (κ3) is 4.47. The van der Waals surface area contributed by atoms with E-state index < -0.39 is 11.9 Å². The molecule has 0 aliphatic heterocycles. The molecular weight excluding hydrogens is 302 g/mol. The number of hydrogen-bond donors (Lipinski definition) is 1. The summed E-state index contributed by atoms with van der Waals surface area (Å²) in [6.07, 6.45) is -0.256. The average molecular weight is 315 g/mol. The van der Waals surface area contributed by atoms with Crippen molar-refractivity contribution < 1.29 is 13.9 Å². The van der Waals surface area contributed by atoms with Crippen LogP contribution in [0.1, 0.15) is 5.56 Å². The first kappa shape index (κ1) is 15.3. The summed E-state index contributed by atoms with van der Waals surface area (Å²) in [6.45, 7) is 0. The van der Waals surface area contributed by atoms with Gasteiger partial charge in [-0.05, 0) is 48.4 Å². The van der Waals surface area contributed by atoms with Gasteiger partial charge in [-0.3, -0.25) is 0 Å². The van der Waals surface area contributed by atoms with Crippen LogP contribution in [0.25, 0.3) is 0 Å². The second kappa shape index (κ2) is 7.07. The fourth-order valence-corrected chi connectivity index (χ4v) is 2.67. The molecule has 0 saturated heterocycles. The number of benzene rings is 2. The van der Waals surface area contributed by atoms with Gasteiger partial charge in [0.25, 0.3) is 0 Å². The Labute approximate surface area is 125 Å². The first-order chi connectivity index (χ1) is 9.54. The van der Waals surface area contributed by atoms with Gasteiger partial charge in [-0.1, -0.05) is 17.7 Å². The van der Waals surface area contributed by atoms with Gasteiger partial charge in [0.15, 0.2) is 0 Å². The molecule has 2 aromatic rings. The summed E-state index contributed by atoms with van der Waals surface area (Å²) in [5.74, 6) is -0.315. The van der Waals surface area contributed by atoms with Crippen LogP contribution >= 0.6 is 23.4 Å². The third-order valence-corrected chi connectivity index (χ3v) is 4.17. The average Bonchev–Trinajstić information content (AvgIpc) is 2.42. The van der Waals surface area contributed by atoms with Gasteiger partial charge >= 0.3 is 0 Å². The van der Waals surface area contributed by atoms with Crippen molar-refractivity contribution in [1.82, 2.24) is 0 Å². The largest absolute Gasteiger partial charge is 0.392 e. The molecule has 2 aromatic carbocycles. The van der Waals surface area contributed by atoms with Crippen molar-refractivity contribution in [2.45, 2.75) is 17.4 Å². The number of halogens is 3. The molecule has 0 aromatic heterocycles. The molecule has 0 aliphatic rings. The zero-order chi connectivity index (χ0) is 14.5. The summed E-state index contributed by atoms with van der Waals surface area (Å²) in [4.78, 5) is 0.882. The Hall–Kier alpha value is -1.10. The van der Waals surface area contributed by atoms with Crippen molar-refractivity contribution >= 4 is 23.4 Å². The molecule has 1 atom stereocenters. The molecule has 0 spiro atoms. The molecule has 1 unspecified atom stereocenters. The fraction of sp³-hybridized carbons (Fsp3) is 0.200. The smallest absolute Gasteiger partial charge is 0.142 e. The van der Waals surface area contributed by atoms with Crippen molar-refractivity contribution in [3.8, 4) is 0 Å². The van der Waals surface area contributed by atoms with E-state index in [1.54, 1.807) is 18.2 Å². The molecule has 0 saturated carbocycles. The monoisotopic (exact) mass is 314 g/mol. The van der Waals surface area contributed by atoms with Gasteiger partial charge in [0, 0.05) is 10.6 Å². The highest BCUT2D eigenvalue weighted by Crippen LogP contribution is 2.21. The van der Waals surface area contributed by atoms with E-state index in [1.165, 1.54) is 36.0 Å². The van der Waals surface area contributed by atoms with Crippen LogP contribution < -0.4 is 0 Å². The van der Waals surface area contributed by atoms with E-state index in [2.05, 4.69) is 0 Å². The van der Waals surface area contributed by atoms with Crippen LogP contribution in [0.15, 0.2) is 47.4 Å². The molecule has 0 bridgehead atoms. The molecule has 1 N–H and O–H groups in total. The summed E-state index contributed by atoms with van der Waals surface area (Å²) < 4.78 is 26.0. The molecule has 5 heteroatoms. The van der Waals surface area contributed by atoms with Gasteiger partial charge in [0.1, 0.15) is 11.6 Å². The molecule has 0 aliphatic carbocycles. The van der Waals surface area contributed by atoms with E-state index in [1.807, 2.05) is 0 Å². The number of rotatable bonds is 5. The Balaban J connectivity index is 1.87. The Morgan fingerprint density at radius 3 is 2.45 bits per heavy atom. The molecule has 106 valence electrons. The molecule has 0 amide bonds. The lowest BCUT2D eigenvalue weighted by Gasteiger charge is -2.10. The summed E-state index contributed by atoms with van der Waals surface area (Å²) in [5, 5.41) is 10.0. The zero-order valence-corrected chi connectivity index (χ0v) is 12.1. The first-order valence-corrected chi connectivity index (χ1v) is 7.41. The van der Waals surface area contributed by atoms with E-state index >= 15 is 0 Å². The van der Waals surface area contributed by atoms with Crippen LogP contribution in [0, 0.1) is 11.6 Å². The van der Waals surface area contributed by atoms with Gasteiger partial charge in [0.05, 0.1) is 11.1 Å². The standard InChI is InChI=1S/C15H13ClF2OS/c16-14-6-1-10(8-15(14)18)7-12(19)9-20-13-4-2-11(17)3-5-13/h1-6,8,12,19H,7,9H2. The van der Waals surface area contributed by atoms with Crippen LogP contribution in [0.5, 0.6) is 0 Å². The summed E-state index contributed by atoms with van der Waals surface area (Å²) in [7, 11) is 0. The highest BCUT2D eigenvalue weighted by molar-refractivity contribution is 7.99. The maximum absolute atomic E-state index is 13.3. The maximum Gasteiger partial charge on any atom is 0.142 e. The molecule has 20 heavy (non-hydrogen) atoms. The lowest BCUT2D eigenvalue weighted by atomic mass is 10.1. The zero-order valence-electron chi connectivity index (χ0n) is 10.5. The Morgan fingerprint density at radius 1 is 1.10 bits per heavy atom. The van der Waals surface area contributed by atoms with Gasteiger partial charge in [-0.15, -0.1) is 11.8 Å². The summed E-state index contributed by atoms with van der Waals surface area (Å²) in [6, 6.07) is 10.6. The van der Waals surface area contributed by atoms with Gasteiger partial charge in [-0.25, -0.2) is 8.78 Å². The molecule has 0 heterocycles. The molecular formula is C15H13ClF2OS. The van der Waals surface area contributed by atoms with Gasteiger partial charge < -0.3 is 5.11 Å². The number of aliphatic hydroxyl groups is 1. The summed E-state index contributed by atoms with van der Waals surface area (Å²) >= 11 is 7.03. The van der Waals surface area contributed by atoms with E-state index in [0.717, 1.165) is 4.90 Å². The molecule has 2 rings (SSSR count). The normalized spacial score (nSPS) is 12.4. The molecule has 0 fully saturated rings. The highest BCUT2D eigenvalue weighted by atomic mass is 35.5. The highest BCUT2D eigenvalue weighted by Gasteiger charge is 2.09. The minimum Gasteiger partial charge on any atom is -0.392 e. The van der Waals surface area contributed by atoms with Crippen LogP contribution in [0.2, 0.25) is 5.02 Å². The predicted molar refractivity (Wildman–Crippen MR) is 78.2 cm³/mol. The Morgan fingerprint density at radius 2 is 1.80 bits per heavy atom. The second-order valence-corrected chi connectivity index (χ2v) is 5.87. The Bertz CT molecular complexity index is 575. The van der Waals surface area contributed by atoms with Gasteiger partial charge in [-0.2, -0.15) is 0 Å². The lowest BCUT2D eigenvalue weighted by molar-refractivity contribution is 0.200. The van der Waals surface area contributed by atoms with Crippen molar-refractivity contribution in [2.75, 3.05) is 5.75 Å². The van der Waals surface area contributed by atoms with Crippen molar-refractivity contribution in [3.63, 3.8) is 0 Å². The third-order valence-electron chi connectivity index (χ3n) is 2.71. The minimum absolute atomic E-state index is 0.0731. The summed E-state index contributed by atoms with van der Waals surface area (Å²) in [5.41, 5.74) is 0.694. The number of aliphatic hydroxyl groups excluding tert-OH is 1. The van der Waals surface area contributed by atoms with Crippen LogP contribution in [-0.2, 0) is 6.42 Å². The van der Waals surface area contributed by atoms with Crippen molar-refractivity contribution in [3.05, 3.63) is 64.7 Å². The topological polar surface area (TPSA) is 20.2 Å². The van der Waals surface area contributed by atoms with Crippen LogP contribution in [0.4, 0.5) is 8.78 Å². The van der Waals surface area contributed by atoms with Crippen molar-refractivity contribution in [1.29, 1.82) is 0 Å². The Kier molecular flexibility index (Phi) is 5.40. The van der Waals surface area contributed by atoms with Crippen LogP contribution in [-0.4, -0.2) is 17.0 Å². The minimum atomic E-state index is -0.606. The maximum atomic E-state index is 13.3. The first-order valence-electron chi connectivity index (χ1n) is 6.05.